The molecule has 2 heteroatoms. The van der Waals surface area contributed by atoms with Gasteiger partial charge in [-0.25, -0.2) is 0 Å². The van der Waals surface area contributed by atoms with E-state index < -0.39 is 0 Å². The summed E-state index contributed by atoms with van der Waals surface area (Å²) in [5.41, 5.74) is 3.70. The summed E-state index contributed by atoms with van der Waals surface area (Å²) in [4.78, 5) is 4.39. The van der Waals surface area contributed by atoms with Crippen LogP contribution in [0.5, 0.6) is 0 Å². The first-order chi connectivity index (χ1) is 8.83. The third-order valence-electron chi connectivity index (χ3n) is 3.05. The Hall–Kier alpha value is -1.67. The molecule has 0 aliphatic carbocycles. The Bertz CT molecular complexity index is 669. The zero-order chi connectivity index (χ0) is 12.4. The normalized spacial score (nSPS) is 10.7. The van der Waals surface area contributed by atoms with Gasteiger partial charge in [0, 0.05) is 16.1 Å². The van der Waals surface area contributed by atoms with Crippen LogP contribution < -0.4 is 0 Å². The minimum atomic E-state index is 0.941. The average Bonchev–Trinajstić information content (AvgIpc) is 2.42. The van der Waals surface area contributed by atoms with Crippen molar-refractivity contribution in [1.29, 1.82) is 0 Å². The first kappa shape index (κ1) is 11.4. The molecule has 3 rings (SSSR count). The van der Waals surface area contributed by atoms with E-state index in [-0.39, 0.29) is 0 Å². The largest absolute Gasteiger partial charge is 0.256 e. The SMILES string of the molecule is Brc1ccc(Cc2ccnc3ccccc23)cc1. The fraction of sp³-hybridized carbons (Fsp3) is 0.0625. The van der Waals surface area contributed by atoms with Crippen LogP contribution in [-0.4, -0.2) is 4.98 Å². The van der Waals surface area contributed by atoms with Crippen molar-refractivity contribution in [1.82, 2.24) is 4.98 Å². The molecule has 0 atom stereocenters. The molecule has 0 bridgehead atoms. The van der Waals surface area contributed by atoms with Crippen molar-refractivity contribution < 1.29 is 0 Å². The monoisotopic (exact) mass is 297 g/mol. The van der Waals surface area contributed by atoms with E-state index in [0.29, 0.717) is 0 Å². The van der Waals surface area contributed by atoms with Crippen LogP contribution in [0.3, 0.4) is 0 Å². The molecule has 0 fully saturated rings. The van der Waals surface area contributed by atoms with Crippen LogP contribution in [0.2, 0.25) is 0 Å². The van der Waals surface area contributed by atoms with Gasteiger partial charge >= 0.3 is 0 Å². The zero-order valence-electron chi connectivity index (χ0n) is 9.81. The Kier molecular flexibility index (Phi) is 3.11. The maximum Gasteiger partial charge on any atom is 0.0704 e. The minimum absolute atomic E-state index is 0.941. The number of fused-ring (bicyclic) bond motifs is 1. The lowest BCUT2D eigenvalue weighted by Gasteiger charge is -2.06. The number of benzene rings is 2. The number of pyridine rings is 1. The quantitative estimate of drug-likeness (QED) is 0.674. The molecule has 3 aromatic rings. The predicted molar refractivity (Wildman–Crippen MR) is 78.7 cm³/mol. The van der Waals surface area contributed by atoms with Crippen molar-refractivity contribution in [2.75, 3.05) is 0 Å². The lowest BCUT2D eigenvalue weighted by atomic mass is 10.0. The fourth-order valence-corrected chi connectivity index (χ4v) is 2.40. The van der Waals surface area contributed by atoms with E-state index >= 15 is 0 Å². The highest BCUT2D eigenvalue weighted by Crippen LogP contribution is 2.20. The molecule has 18 heavy (non-hydrogen) atoms. The van der Waals surface area contributed by atoms with E-state index in [2.05, 4.69) is 69.4 Å². The van der Waals surface area contributed by atoms with E-state index in [1.54, 1.807) is 0 Å². The molecule has 0 N–H and O–H groups in total. The molecular formula is C16H12BrN. The average molecular weight is 298 g/mol. The molecule has 0 spiro atoms. The van der Waals surface area contributed by atoms with Gasteiger partial charge in [0.15, 0.2) is 0 Å². The summed E-state index contributed by atoms with van der Waals surface area (Å²) in [5.74, 6) is 0. The number of rotatable bonds is 2. The second-order valence-corrected chi connectivity index (χ2v) is 5.21. The van der Waals surface area contributed by atoms with Crippen molar-refractivity contribution in [3.63, 3.8) is 0 Å². The highest BCUT2D eigenvalue weighted by Gasteiger charge is 2.02. The Morgan fingerprint density at radius 3 is 2.50 bits per heavy atom. The van der Waals surface area contributed by atoms with Crippen molar-refractivity contribution in [3.8, 4) is 0 Å². The Labute approximate surface area is 115 Å². The maximum absolute atomic E-state index is 4.39. The van der Waals surface area contributed by atoms with Gasteiger partial charge in [0.2, 0.25) is 0 Å². The van der Waals surface area contributed by atoms with Crippen molar-refractivity contribution in [3.05, 3.63) is 76.4 Å². The molecule has 0 amide bonds. The van der Waals surface area contributed by atoms with Crippen LogP contribution in [0, 0.1) is 0 Å². The third-order valence-corrected chi connectivity index (χ3v) is 3.58. The van der Waals surface area contributed by atoms with Crippen LogP contribution >= 0.6 is 15.9 Å². The summed E-state index contributed by atoms with van der Waals surface area (Å²) in [7, 11) is 0. The molecule has 0 saturated carbocycles. The van der Waals surface area contributed by atoms with Gasteiger partial charge in [0.05, 0.1) is 5.52 Å². The molecule has 0 radical (unpaired) electrons. The Morgan fingerprint density at radius 1 is 0.889 bits per heavy atom. The highest BCUT2D eigenvalue weighted by atomic mass is 79.9. The number of halogens is 1. The van der Waals surface area contributed by atoms with Crippen molar-refractivity contribution in [2.24, 2.45) is 0 Å². The van der Waals surface area contributed by atoms with Gasteiger partial charge in [-0.3, -0.25) is 4.98 Å². The molecule has 0 unspecified atom stereocenters. The predicted octanol–water partition coefficient (Wildman–Crippen LogP) is 4.59. The van der Waals surface area contributed by atoms with E-state index in [9.17, 15) is 0 Å². The molecule has 1 heterocycles. The molecule has 1 nitrogen and oxygen atoms in total. The number of para-hydroxylation sites is 1. The molecular weight excluding hydrogens is 286 g/mol. The summed E-state index contributed by atoms with van der Waals surface area (Å²) in [6.45, 7) is 0. The van der Waals surface area contributed by atoms with Gasteiger partial charge in [-0.05, 0) is 41.8 Å². The molecule has 1 aromatic heterocycles. The molecule has 0 saturated heterocycles. The zero-order valence-corrected chi connectivity index (χ0v) is 11.4. The fourth-order valence-electron chi connectivity index (χ4n) is 2.13. The highest BCUT2D eigenvalue weighted by molar-refractivity contribution is 9.10. The van der Waals surface area contributed by atoms with Gasteiger partial charge < -0.3 is 0 Å². The van der Waals surface area contributed by atoms with Gasteiger partial charge in [-0.15, -0.1) is 0 Å². The van der Waals surface area contributed by atoms with E-state index in [1.165, 1.54) is 16.5 Å². The van der Waals surface area contributed by atoms with Gasteiger partial charge in [-0.1, -0.05) is 46.3 Å². The summed E-state index contributed by atoms with van der Waals surface area (Å²) in [6.07, 6.45) is 2.83. The van der Waals surface area contributed by atoms with Gasteiger partial charge in [0.1, 0.15) is 0 Å². The summed E-state index contributed by atoms with van der Waals surface area (Å²) in [6, 6.07) is 18.9. The topological polar surface area (TPSA) is 12.9 Å². The second-order valence-electron chi connectivity index (χ2n) is 4.29. The number of aromatic nitrogens is 1. The first-order valence-electron chi connectivity index (χ1n) is 5.90. The maximum atomic E-state index is 4.39. The summed E-state index contributed by atoms with van der Waals surface area (Å²) >= 11 is 3.46. The number of nitrogens with zero attached hydrogens (tertiary/aromatic N) is 1. The standard InChI is InChI=1S/C16H12BrN/c17-14-7-5-12(6-8-14)11-13-9-10-18-16-4-2-1-3-15(13)16/h1-10H,11H2. The molecule has 2 aromatic carbocycles. The van der Waals surface area contributed by atoms with E-state index in [1.807, 2.05) is 12.3 Å². The summed E-state index contributed by atoms with van der Waals surface area (Å²) in [5, 5.41) is 1.24. The van der Waals surface area contributed by atoms with Crippen LogP contribution in [0.25, 0.3) is 10.9 Å². The second kappa shape index (κ2) is 4.91. The lowest BCUT2D eigenvalue weighted by Crippen LogP contribution is -1.91. The van der Waals surface area contributed by atoms with Crippen LogP contribution in [0.1, 0.15) is 11.1 Å². The van der Waals surface area contributed by atoms with Crippen LogP contribution in [0.4, 0.5) is 0 Å². The van der Waals surface area contributed by atoms with Gasteiger partial charge in [-0.2, -0.15) is 0 Å². The third kappa shape index (κ3) is 2.29. The first-order valence-corrected chi connectivity index (χ1v) is 6.69. The van der Waals surface area contributed by atoms with Gasteiger partial charge in [0.25, 0.3) is 0 Å². The van der Waals surface area contributed by atoms with E-state index in [0.717, 1.165) is 16.4 Å². The minimum Gasteiger partial charge on any atom is -0.256 e. The van der Waals surface area contributed by atoms with E-state index in [4.69, 9.17) is 0 Å². The van der Waals surface area contributed by atoms with Crippen LogP contribution in [-0.2, 0) is 6.42 Å². The number of hydrogen-bond donors (Lipinski definition) is 0. The molecule has 0 aliphatic rings. The number of hydrogen-bond acceptors (Lipinski definition) is 1. The van der Waals surface area contributed by atoms with Crippen molar-refractivity contribution >= 4 is 26.8 Å². The lowest BCUT2D eigenvalue weighted by molar-refractivity contribution is 1.20. The summed E-state index contributed by atoms with van der Waals surface area (Å²) < 4.78 is 1.12. The van der Waals surface area contributed by atoms with Crippen LogP contribution in [0.15, 0.2) is 65.3 Å². The Balaban J connectivity index is 2.02. The van der Waals surface area contributed by atoms with Crippen molar-refractivity contribution in [2.45, 2.75) is 6.42 Å². The molecule has 0 aliphatic heterocycles. The molecule has 88 valence electrons. The Morgan fingerprint density at radius 2 is 1.67 bits per heavy atom. The smallest absolute Gasteiger partial charge is 0.0704 e.